The summed E-state index contributed by atoms with van der Waals surface area (Å²) in [6, 6.07) is 0. The lowest BCUT2D eigenvalue weighted by Crippen LogP contribution is -2.07. The zero-order chi connectivity index (χ0) is 6.81. The van der Waals surface area contributed by atoms with Gasteiger partial charge in [-0.1, -0.05) is 12.8 Å². The van der Waals surface area contributed by atoms with Crippen molar-refractivity contribution in [3.05, 3.63) is 0 Å². The van der Waals surface area contributed by atoms with E-state index >= 15 is 0 Å². The summed E-state index contributed by atoms with van der Waals surface area (Å²) in [5, 5.41) is 1.07. The summed E-state index contributed by atoms with van der Waals surface area (Å²) in [5.41, 5.74) is 0. The fraction of sp³-hybridized carbons (Fsp3) is 1.00. The Morgan fingerprint density at radius 2 is 1.80 bits per heavy atom. The molecular weight excluding hydrogens is 140 g/mol. The monoisotopic (exact) mass is 156 g/mol. The largest absolute Gasteiger partial charge is 0.158 e. The lowest BCUT2D eigenvalue weighted by atomic mass is 10.0. The Bertz CT molecular complexity index is 99.3. The molecule has 0 bridgehead atoms. The van der Waals surface area contributed by atoms with E-state index in [0.29, 0.717) is 0 Å². The fourth-order valence-electron chi connectivity index (χ4n) is 2.30. The van der Waals surface area contributed by atoms with E-state index in [2.05, 4.69) is 11.8 Å². The van der Waals surface area contributed by atoms with Crippen LogP contribution in [0.5, 0.6) is 0 Å². The fourth-order valence-corrected chi connectivity index (χ4v) is 3.85. The first-order chi connectivity index (χ1) is 4.97. The molecule has 0 nitrogen and oxygen atoms in total. The predicted molar refractivity (Wildman–Crippen MR) is 47.4 cm³/mol. The molecule has 0 spiro atoms. The van der Waals surface area contributed by atoms with Crippen LogP contribution in [-0.4, -0.2) is 11.0 Å². The van der Waals surface area contributed by atoms with Crippen LogP contribution in [0.4, 0.5) is 0 Å². The predicted octanol–water partition coefficient (Wildman–Crippen LogP) is 3.07. The van der Waals surface area contributed by atoms with Crippen LogP contribution >= 0.6 is 11.8 Å². The van der Waals surface area contributed by atoms with Gasteiger partial charge in [0.2, 0.25) is 0 Å². The third-order valence-electron chi connectivity index (χ3n) is 2.89. The molecule has 2 atom stereocenters. The van der Waals surface area contributed by atoms with Gasteiger partial charge in [0.25, 0.3) is 0 Å². The Morgan fingerprint density at radius 1 is 0.900 bits per heavy atom. The minimum atomic E-state index is 1.07. The van der Waals surface area contributed by atoms with Crippen molar-refractivity contribution >= 4 is 11.8 Å². The lowest BCUT2D eigenvalue weighted by Gasteiger charge is -2.13. The summed E-state index contributed by atoms with van der Waals surface area (Å²) in [4.78, 5) is 0. The minimum Gasteiger partial charge on any atom is -0.158 e. The molecule has 10 heavy (non-hydrogen) atoms. The SMILES string of the molecule is C1CCC2CCCC2SC1. The highest BCUT2D eigenvalue weighted by Gasteiger charge is 2.28. The van der Waals surface area contributed by atoms with Crippen molar-refractivity contribution < 1.29 is 0 Å². The van der Waals surface area contributed by atoms with E-state index in [0.717, 1.165) is 11.2 Å². The molecule has 0 aromatic rings. The Labute approximate surface area is 67.8 Å². The molecule has 0 radical (unpaired) electrons. The summed E-state index contributed by atoms with van der Waals surface area (Å²) < 4.78 is 0. The van der Waals surface area contributed by atoms with Gasteiger partial charge in [-0.05, 0) is 37.4 Å². The highest BCUT2D eigenvalue weighted by molar-refractivity contribution is 7.99. The third kappa shape index (κ3) is 1.34. The number of fused-ring (bicyclic) bond motifs is 1. The van der Waals surface area contributed by atoms with E-state index in [1.165, 1.54) is 44.3 Å². The molecule has 0 aromatic heterocycles. The molecule has 1 heteroatoms. The second-order valence-electron chi connectivity index (χ2n) is 3.60. The van der Waals surface area contributed by atoms with Gasteiger partial charge in [-0.2, -0.15) is 11.8 Å². The van der Waals surface area contributed by atoms with Crippen molar-refractivity contribution in [3.8, 4) is 0 Å². The maximum absolute atomic E-state index is 2.25. The van der Waals surface area contributed by atoms with Gasteiger partial charge in [0.1, 0.15) is 0 Å². The molecule has 58 valence electrons. The van der Waals surface area contributed by atoms with Gasteiger partial charge < -0.3 is 0 Å². The Balaban J connectivity index is 1.95. The molecule has 1 saturated heterocycles. The first-order valence-electron chi connectivity index (χ1n) is 4.58. The van der Waals surface area contributed by atoms with Crippen LogP contribution in [-0.2, 0) is 0 Å². The number of rotatable bonds is 0. The number of hydrogen-bond acceptors (Lipinski definition) is 1. The summed E-state index contributed by atoms with van der Waals surface area (Å²) in [6.45, 7) is 0. The van der Waals surface area contributed by atoms with E-state index in [1.807, 2.05) is 0 Å². The van der Waals surface area contributed by atoms with E-state index in [4.69, 9.17) is 0 Å². The Morgan fingerprint density at radius 3 is 2.80 bits per heavy atom. The lowest BCUT2D eigenvalue weighted by molar-refractivity contribution is 0.500. The van der Waals surface area contributed by atoms with Crippen molar-refractivity contribution in [1.29, 1.82) is 0 Å². The molecule has 2 fully saturated rings. The van der Waals surface area contributed by atoms with Gasteiger partial charge in [0.05, 0.1) is 0 Å². The van der Waals surface area contributed by atoms with Crippen LogP contribution in [0.1, 0.15) is 38.5 Å². The molecule has 0 aromatic carbocycles. The van der Waals surface area contributed by atoms with Gasteiger partial charge in [0.15, 0.2) is 0 Å². The van der Waals surface area contributed by atoms with Crippen LogP contribution in [0.3, 0.4) is 0 Å². The smallest absolute Gasteiger partial charge is 0.00753 e. The van der Waals surface area contributed by atoms with Gasteiger partial charge >= 0.3 is 0 Å². The molecule has 1 saturated carbocycles. The molecule has 1 aliphatic heterocycles. The van der Waals surface area contributed by atoms with Gasteiger partial charge in [0, 0.05) is 5.25 Å². The first kappa shape index (κ1) is 7.02. The van der Waals surface area contributed by atoms with Crippen LogP contribution in [0.2, 0.25) is 0 Å². The van der Waals surface area contributed by atoms with E-state index in [1.54, 1.807) is 0 Å². The van der Waals surface area contributed by atoms with Crippen molar-refractivity contribution in [3.63, 3.8) is 0 Å². The maximum Gasteiger partial charge on any atom is 0.00753 e. The molecule has 2 unspecified atom stereocenters. The normalized spacial score (nSPS) is 40.8. The average Bonchev–Trinajstić information content (AvgIpc) is 2.28. The van der Waals surface area contributed by atoms with Crippen molar-refractivity contribution in [2.75, 3.05) is 5.75 Å². The Hall–Kier alpha value is 0.350. The van der Waals surface area contributed by atoms with Crippen LogP contribution < -0.4 is 0 Å². The van der Waals surface area contributed by atoms with Crippen molar-refractivity contribution in [2.45, 2.75) is 43.8 Å². The number of hydrogen-bond donors (Lipinski definition) is 0. The topological polar surface area (TPSA) is 0 Å². The maximum atomic E-state index is 2.25. The third-order valence-corrected chi connectivity index (χ3v) is 4.46. The first-order valence-corrected chi connectivity index (χ1v) is 5.63. The summed E-state index contributed by atoms with van der Waals surface area (Å²) in [7, 11) is 0. The summed E-state index contributed by atoms with van der Waals surface area (Å²) >= 11 is 2.25. The molecule has 1 heterocycles. The average molecular weight is 156 g/mol. The molecule has 0 N–H and O–H groups in total. The second-order valence-corrected chi connectivity index (χ2v) is 4.94. The molecule has 2 rings (SSSR count). The summed E-state index contributed by atoms with van der Waals surface area (Å²) in [5.74, 6) is 2.56. The molecule has 2 aliphatic rings. The van der Waals surface area contributed by atoms with Crippen LogP contribution in [0.15, 0.2) is 0 Å². The quantitative estimate of drug-likeness (QED) is 0.519. The van der Waals surface area contributed by atoms with Crippen molar-refractivity contribution in [1.82, 2.24) is 0 Å². The molecular formula is C9H16S. The molecule has 0 amide bonds. The molecule has 1 aliphatic carbocycles. The van der Waals surface area contributed by atoms with E-state index < -0.39 is 0 Å². The second kappa shape index (κ2) is 3.17. The Kier molecular flexibility index (Phi) is 2.22. The number of thioether (sulfide) groups is 1. The highest BCUT2D eigenvalue weighted by atomic mass is 32.2. The van der Waals surface area contributed by atoms with Gasteiger partial charge in [-0.15, -0.1) is 0 Å². The van der Waals surface area contributed by atoms with Gasteiger partial charge in [-0.25, -0.2) is 0 Å². The van der Waals surface area contributed by atoms with Crippen LogP contribution in [0, 0.1) is 5.92 Å². The van der Waals surface area contributed by atoms with E-state index in [-0.39, 0.29) is 0 Å². The van der Waals surface area contributed by atoms with Gasteiger partial charge in [-0.3, -0.25) is 0 Å². The van der Waals surface area contributed by atoms with Crippen LogP contribution in [0.25, 0.3) is 0 Å². The zero-order valence-corrected chi connectivity index (χ0v) is 7.33. The standard InChI is InChI=1S/C9H16S/c1-2-7-10-9-6-3-5-8(9)4-1/h8-9H,1-7H2. The van der Waals surface area contributed by atoms with Crippen molar-refractivity contribution in [2.24, 2.45) is 5.92 Å². The minimum absolute atomic E-state index is 1.07. The van der Waals surface area contributed by atoms with E-state index in [9.17, 15) is 0 Å². The highest BCUT2D eigenvalue weighted by Crippen LogP contribution is 2.40. The summed E-state index contributed by atoms with van der Waals surface area (Å²) in [6.07, 6.45) is 9.11. The zero-order valence-electron chi connectivity index (χ0n) is 6.51.